The maximum absolute atomic E-state index is 7.53. The number of aromatic nitrogens is 1. The predicted molar refractivity (Wildman–Crippen MR) is 79.2 cm³/mol. The van der Waals surface area contributed by atoms with Crippen LogP contribution in [0.3, 0.4) is 0 Å². The molecule has 0 radical (unpaired) electrons. The molecule has 0 aromatic carbocycles. The van der Waals surface area contributed by atoms with E-state index in [-0.39, 0.29) is 5.84 Å². The molecule has 0 saturated carbocycles. The molecule has 1 aromatic rings. The first-order chi connectivity index (χ1) is 9.04. The molecule has 0 amide bonds. The summed E-state index contributed by atoms with van der Waals surface area (Å²) in [6.45, 7) is 4.97. The molecule has 1 saturated heterocycles. The first kappa shape index (κ1) is 14.1. The van der Waals surface area contributed by atoms with Crippen LogP contribution in [-0.4, -0.2) is 48.4 Å². The highest BCUT2D eigenvalue weighted by molar-refractivity contribution is 6.36. The number of hydrogen-bond donors (Lipinski definition) is 2. The number of piperazine rings is 1. The van der Waals surface area contributed by atoms with Crippen LogP contribution in [0.2, 0.25) is 5.02 Å². The van der Waals surface area contributed by atoms with Gasteiger partial charge in [0.2, 0.25) is 0 Å². The van der Waals surface area contributed by atoms with E-state index in [4.69, 9.17) is 22.7 Å². The van der Waals surface area contributed by atoms with Crippen molar-refractivity contribution in [3.05, 3.63) is 22.8 Å². The quantitative estimate of drug-likeness (QED) is 0.651. The van der Waals surface area contributed by atoms with E-state index in [1.54, 1.807) is 12.3 Å². The third-order valence-electron chi connectivity index (χ3n) is 3.71. The smallest absolute Gasteiger partial charge is 0.148 e. The topological polar surface area (TPSA) is 69.2 Å². The maximum Gasteiger partial charge on any atom is 0.148 e. The SMILES string of the molecule is CCC1CN(c2nccc(C(=N)N)c2Cl)CCN1C. The molecule has 1 aromatic heterocycles. The van der Waals surface area contributed by atoms with Crippen LogP contribution in [0, 0.1) is 5.41 Å². The van der Waals surface area contributed by atoms with E-state index < -0.39 is 0 Å². The first-order valence-electron chi connectivity index (χ1n) is 6.48. The van der Waals surface area contributed by atoms with Crippen LogP contribution in [0.15, 0.2) is 12.3 Å². The first-order valence-corrected chi connectivity index (χ1v) is 6.86. The third kappa shape index (κ3) is 2.82. The normalized spacial score (nSPS) is 20.6. The Morgan fingerprint density at radius 3 is 2.95 bits per heavy atom. The van der Waals surface area contributed by atoms with E-state index in [0.717, 1.165) is 31.9 Å². The Hall–Kier alpha value is -1.33. The van der Waals surface area contributed by atoms with Crippen molar-refractivity contribution in [2.75, 3.05) is 31.6 Å². The minimum Gasteiger partial charge on any atom is -0.384 e. The second-order valence-electron chi connectivity index (χ2n) is 4.90. The van der Waals surface area contributed by atoms with Crippen molar-refractivity contribution < 1.29 is 0 Å². The average molecular weight is 282 g/mol. The molecule has 104 valence electrons. The van der Waals surface area contributed by atoms with Crippen LogP contribution in [0.5, 0.6) is 0 Å². The van der Waals surface area contributed by atoms with E-state index in [9.17, 15) is 0 Å². The molecule has 19 heavy (non-hydrogen) atoms. The van der Waals surface area contributed by atoms with Gasteiger partial charge in [-0.1, -0.05) is 18.5 Å². The number of nitrogens with one attached hydrogen (secondary N) is 1. The number of rotatable bonds is 3. The molecule has 2 rings (SSSR count). The van der Waals surface area contributed by atoms with Crippen LogP contribution >= 0.6 is 11.6 Å². The second-order valence-corrected chi connectivity index (χ2v) is 5.28. The fourth-order valence-corrected chi connectivity index (χ4v) is 2.77. The van der Waals surface area contributed by atoms with Gasteiger partial charge in [-0.3, -0.25) is 10.3 Å². The zero-order valence-corrected chi connectivity index (χ0v) is 12.1. The average Bonchev–Trinajstić information content (AvgIpc) is 2.39. The van der Waals surface area contributed by atoms with Gasteiger partial charge >= 0.3 is 0 Å². The van der Waals surface area contributed by atoms with Gasteiger partial charge in [-0.05, 0) is 19.5 Å². The highest BCUT2D eigenvalue weighted by Gasteiger charge is 2.25. The van der Waals surface area contributed by atoms with E-state index in [1.165, 1.54) is 0 Å². The van der Waals surface area contributed by atoms with Gasteiger partial charge in [0.05, 0.1) is 5.02 Å². The van der Waals surface area contributed by atoms with Crippen LogP contribution in [0.4, 0.5) is 5.82 Å². The lowest BCUT2D eigenvalue weighted by Crippen LogP contribution is -2.51. The van der Waals surface area contributed by atoms with Gasteiger partial charge in [0, 0.05) is 37.4 Å². The summed E-state index contributed by atoms with van der Waals surface area (Å²) in [4.78, 5) is 8.91. The summed E-state index contributed by atoms with van der Waals surface area (Å²) in [6, 6.07) is 2.19. The van der Waals surface area contributed by atoms with Gasteiger partial charge in [-0.2, -0.15) is 0 Å². The summed E-state index contributed by atoms with van der Waals surface area (Å²) in [7, 11) is 2.15. The van der Waals surface area contributed by atoms with E-state index in [1.807, 2.05) is 0 Å². The van der Waals surface area contributed by atoms with Crippen molar-refractivity contribution in [3.63, 3.8) is 0 Å². The number of nitrogens with two attached hydrogens (primary N) is 1. The zero-order valence-electron chi connectivity index (χ0n) is 11.4. The van der Waals surface area contributed by atoms with Crippen molar-refractivity contribution in [2.24, 2.45) is 5.73 Å². The molecule has 3 N–H and O–H groups in total. The van der Waals surface area contributed by atoms with Crippen LogP contribution in [0.25, 0.3) is 0 Å². The lowest BCUT2D eigenvalue weighted by molar-refractivity contribution is 0.213. The number of pyridine rings is 1. The van der Waals surface area contributed by atoms with Gasteiger partial charge in [-0.15, -0.1) is 0 Å². The molecule has 1 atom stereocenters. The Morgan fingerprint density at radius 1 is 1.58 bits per heavy atom. The summed E-state index contributed by atoms with van der Waals surface area (Å²) in [6.07, 6.45) is 2.76. The maximum atomic E-state index is 7.53. The van der Waals surface area contributed by atoms with Gasteiger partial charge < -0.3 is 10.6 Å². The van der Waals surface area contributed by atoms with E-state index >= 15 is 0 Å². The Morgan fingerprint density at radius 2 is 2.32 bits per heavy atom. The van der Waals surface area contributed by atoms with Gasteiger partial charge in [0.1, 0.15) is 11.7 Å². The van der Waals surface area contributed by atoms with Crippen LogP contribution in [-0.2, 0) is 0 Å². The fourth-order valence-electron chi connectivity index (χ4n) is 2.44. The molecule has 1 unspecified atom stereocenters. The van der Waals surface area contributed by atoms with Gasteiger partial charge in [0.25, 0.3) is 0 Å². The molecule has 5 nitrogen and oxygen atoms in total. The van der Waals surface area contributed by atoms with Crippen LogP contribution < -0.4 is 10.6 Å². The van der Waals surface area contributed by atoms with Gasteiger partial charge in [0.15, 0.2) is 0 Å². The molecule has 6 heteroatoms. The summed E-state index contributed by atoms with van der Waals surface area (Å²) in [5.74, 6) is 0.718. The molecule has 2 heterocycles. The zero-order chi connectivity index (χ0) is 14.0. The predicted octanol–water partition coefficient (Wildman–Crippen LogP) is 1.55. The number of nitrogens with zero attached hydrogens (tertiary/aromatic N) is 3. The molecular weight excluding hydrogens is 262 g/mol. The van der Waals surface area contributed by atoms with Crippen molar-refractivity contribution in [1.82, 2.24) is 9.88 Å². The minimum absolute atomic E-state index is 0.0187. The number of halogens is 1. The Kier molecular flexibility index (Phi) is 4.27. The van der Waals surface area contributed by atoms with Gasteiger partial charge in [-0.25, -0.2) is 4.98 Å². The molecule has 0 bridgehead atoms. The largest absolute Gasteiger partial charge is 0.384 e. The van der Waals surface area contributed by atoms with Crippen molar-refractivity contribution >= 4 is 23.3 Å². The van der Waals surface area contributed by atoms with Crippen LogP contribution in [0.1, 0.15) is 18.9 Å². The number of amidine groups is 1. The molecule has 0 spiro atoms. The summed E-state index contributed by atoms with van der Waals surface area (Å²) in [5.41, 5.74) is 6.09. The molecular formula is C13H20ClN5. The fraction of sp³-hybridized carbons (Fsp3) is 0.538. The third-order valence-corrected chi connectivity index (χ3v) is 4.08. The molecule has 0 aliphatic carbocycles. The number of anilines is 1. The molecule has 1 aliphatic heterocycles. The monoisotopic (exact) mass is 281 g/mol. The lowest BCUT2D eigenvalue weighted by atomic mass is 10.1. The van der Waals surface area contributed by atoms with Crippen molar-refractivity contribution in [2.45, 2.75) is 19.4 Å². The highest BCUT2D eigenvalue weighted by atomic mass is 35.5. The van der Waals surface area contributed by atoms with Crippen molar-refractivity contribution in [1.29, 1.82) is 5.41 Å². The number of hydrogen-bond acceptors (Lipinski definition) is 4. The standard InChI is InChI=1S/C13H20ClN5/c1-3-9-8-19(7-6-18(9)2)13-11(14)10(12(15)16)4-5-17-13/h4-5,9H,3,6-8H2,1-2H3,(H3,15,16). The Labute approximate surface area is 118 Å². The Bertz CT molecular complexity index is 476. The second kappa shape index (κ2) is 5.75. The Balaban J connectivity index is 2.27. The molecule has 1 fully saturated rings. The van der Waals surface area contributed by atoms with E-state index in [2.05, 4.69) is 28.8 Å². The molecule has 1 aliphatic rings. The van der Waals surface area contributed by atoms with E-state index in [0.29, 0.717) is 16.6 Å². The summed E-state index contributed by atoms with van der Waals surface area (Å²) >= 11 is 6.33. The van der Waals surface area contributed by atoms with Crippen molar-refractivity contribution in [3.8, 4) is 0 Å². The number of nitrogen functional groups attached to an aromatic ring is 1. The highest BCUT2D eigenvalue weighted by Crippen LogP contribution is 2.28. The summed E-state index contributed by atoms with van der Waals surface area (Å²) < 4.78 is 0. The summed E-state index contributed by atoms with van der Waals surface area (Å²) in [5, 5.41) is 8.01. The minimum atomic E-state index is -0.0187. The number of likely N-dealkylation sites (N-methyl/N-ethyl adjacent to an activating group) is 1. The lowest BCUT2D eigenvalue weighted by Gasteiger charge is -2.40.